The molecule has 3 aromatic rings. The second-order valence-electron chi connectivity index (χ2n) is 6.03. The van der Waals surface area contributed by atoms with Gasteiger partial charge >= 0.3 is 5.97 Å². The molecule has 0 aliphatic heterocycles. The quantitative estimate of drug-likeness (QED) is 0.658. The maximum absolute atomic E-state index is 12.5. The minimum Gasteiger partial charge on any atom is -0.480 e. The molecular formula is C22H21NO4. The van der Waals surface area contributed by atoms with Gasteiger partial charge in [0.1, 0.15) is 5.75 Å². The number of esters is 1. The van der Waals surface area contributed by atoms with Gasteiger partial charge in [0.15, 0.2) is 6.10 Å². The molecule has 0 bridgehead atoms. The summed E-state index contributed by atoms with van der Waals surface area (Å²) in [5, 5.41) is 4.77. The molecule has 138 valence electrons. The maximum Gasteiger partial charge on any atom is 0.338 e. The standard InChI is InChI=1S/C22H21NO4/c1-3-26-22(25)17-10-6-11-18(14-17)23-21(24)15(2)27-20-13-7-9-16-8-4-5-12-19(16)20/h4-15H,3H2,1-2H3,(H,23,24). The van der Waals surface area contributed by atoms with Gasteiger partial charge in [0, 0.05) is 11.1 Å². The van der Waals surface area contributed by atoms with E-state index in [1.54, 1.807) is 38.1 Å². The number of hydrogen-bond acceptors (Lipinski definition) is 4. The molecule has 27 heavy (non-hydrogen) atoms. The zero-order valence-corrected chi connectivity index (χ0v) is 15.3. The predicted molar refractivity (Wildman–Crippen MR) is 105 cm³/mol. The zero-order chi connectivity index (χ0) is 19.2. The summed E-state index contributed by atoms with van der Waals surface area (Å²) in [5.74, 6) is -0.0754. The van der Waals surface area contributed by atoms with Crippen LogP contribution in [0.3, 0.4) is 0 Å². The average Bonchev–Trinajstić information content (AvgIpc) is 2.68. The van der Waals surface area contributed by atoms with Crippen molar-refractivity contribution in [3.63, 3.8) is 0 Å². The average molecular weight is 363 g/mol. The van der Waals surface area contributed by atoms with Crippen molar-refractivity contribution in [2.75, 3.05) is 11.9 Å². The van der Waals surface area contributed by atoms with Crippen molar-refractivity contribution in [1.29, 1.82) is 0 Å². The van der Waals surface area contributed by atoms with Gasteiger partial charge < -0.3 is 14.8 Å². The van der Waals surface area contributed by atoms with Gasteiger partial charge in [0.2, 0.25) is 0 Å². The number of ether oxygens (including phenoxy) is 2. The van der Waals surface area contributed by atoms with E-state index in [1.807, 2.05) is 42.5 Å². The van der Waals surface area contributed by atoms with Crippen LogP contribution in [-0.4, -0.2) is 24.6 Å². The number of benzene rings is 3. The number of rotatable bonds is 6. The van der Waals surface area contributed by atoms with Crippen LogP contribution >= 0.6 is 0 Å². The Morgan fingerprint density at radius 3 is 2.56 bits per heavy atom. The summed E-state index contributed by atoms with van der Waals surface area (Å²) in [6.07, 6.45) is -0.706. The molecule has 3 rings (SSSR count). The van der Waals surface area contributed by atoms with E-state index in [0.717, 1.165) is 10.8 Å². The lowest BCUT2D eigenvalue weighted by atomic mass is 10.1. The van der Waals surface area contributed by atoms with Crippen molar-refractivity contribution in [2.45, 2.75) is 20.0 Å². The molecule has 0 saturated heterocycles. The summed E-state index contributed by atoms with van der Waals surface area (Å²) in [7, 11) is 0. The van der Waals surface area contributed by atoms with E-state index in [0.29, 0.717) is 23.6 Å². The second-order valence-corrected chi connectivity index (χ2v) is 6.03. The largest absolute Gasteiger partial charge is 0.480 e. The number of carbonyl (C=O) groups is 2. The fourth-order valence-corrected chi connectivity index (χ4v) is 2.72. The zero-order valence-electron chi connectivity index (χ0n) is 15.3. The highest BCUT2D eigenvalue weighted by Crippen LogP contribution is 2.26. The van der Waals surface area contributed by atoms with Crippen LogP contribution in [-0.2, 0) is 9.53 Å². The molecule has 0 aliphatic carbocycles. The SMILES string of the molecule is CCOC(=O)c1cccc(NC(=O)C(C)Oc2cccc3ccccc23)c1. The van der Waals surface area contributed by atoms with E-state index in [-0.39, 0.29) is 5.91 Å². The maximum atomic E-state index is 12.5. The molecule has 3 aromatic carbocycles. The first-order valence-corrected chi connectivity index (χ1v) is 8.81. The number of amides is 1. The Morgan fingerprint density at radius 1 is 1.00 bits per heavy atom. The number of fused-ring (bicyclic) bond motifs is 1. The number of hydrogen-bond donors (Lipinski definition) is 1. The van der Waals surface area contributed by atoms with Crippen LogP contribution in [0.1, 0.15) is 24.2 Å². The molecule has 1 atom stereocenters. The first-order chi connectivity index (χ1) is 13.1. The summed E-state index contributed by atoms with van der Waals surface area (Å²) in [5.41, 5.74) is 0.899. The van der Waals surface area contributed by atoms with Gasteiger partial charge in [-0.1, -0.05) is 42.5 Å². The highest BCUT2D eigenvalue weighted by atomic mass is 16.5. The molecule has 0 saturated carbocycles. The first kappa shape index (κ1) is 18.5. The van der Waals surface area contributed by atoms with E-state index >= 15 is 0 Å². The summed E-state index contributed by atoms with van der Waals surface area (Å²) >= 11 is 0. The van der Waals surface area contributed by atoms with E-state index in [2.05, 4.69) is 5.32 Å². The van der Waals surface area contributed by atoms with E-state index in [9.17, 15) is 9.59 Å². The molecular weight excluding hydrogens is 342 g/mol. The van der Waals surface area contributed by atoms with Gasteiger partial charge in [-0.25, -0.2) is 4.79 Å². The Bertz CT molecular complexity index is 962. The summed E-state index contributed by atoms with van der Waals surface area (Å²) in [6.45, 7) is 3.73. The van der Waals surface area contributed by atoms with Gasteiger partial charge in [-0.3, -0.25) is 4.79 Å². The van der Waals surface area contributed by atoms with Crippen LogP contribution in [0.25, 0.3) is 10.8 Å². The van der Waals surface area contributed by atoms with Crippen LogP contribution < -0.4 is 10.1 Å². The molecule has 0 spiro atoms. The van der Waals surface area contributed by atoms with Crippen LogP contribution in [0, 0.1) is 0 Å². The first-order valence-electron chi connectivity index (χ1n) is 8.81. The molecule has 1 N–H and O–H groups in total. The fraction of sp³-hybridized carbons (Fsp3) is 0.182. The van der Waals surface area contributed by atoms with Gasteiger partial charge in [0.05, 0.1) is 12.2 Å². The molecule has 0 aromatic heterocycles. The number of anilines is 1. The molecule has 0 fully saturated rings. The normalized spacial score (nSPS) is 11.6. The lowest BCUT2D eigenvalue weighted by molar-refractivity contribution is -0.122. The second kappa shape index (κ2) is 8.36. The Balaban J connectivity index is 1.71. The molecule has 0 heterocycles. The van der Waals surface area contributed by atoms with Gasteiger partial charge in [-0.05, 0) is 43.5 Å². The lowest BCUT2D eigenvalue weighted by Gasteiger charge is -2.16. The van der Waals surface area contributed by atoms with Gasteiger partial charge in [0.25, 0.3) is 5.91 Å². The van der Waals surface area contributed by atoms with Crippen molar-refractivity contribution in [2.24, 2.45) is 0 Å². The molecule has 1 amide bonds. The topological polar surface area (TPSA) is 64.6 Å². The third-order valence-corrected chi connectivity index (χ3v) is 4.06. The van der Waals surface area contributed by atoms with Crippen LogP contribution in [0.5, 0.6) is 5.75 Å². The minimum atomic E-state index is -0.706. The number of nitrogens with one attached hydrogen (secondary N) is 1. The van der Waals surface area contributed by atoms with Crippen LogP contribution in [0.4, 0.5) is 5.69 Å². The van der Waals surface area contributed by atoms with Gasteiger partial charge in [-0.2, -0.15) is 0 Å². The highest BCUT2D eigenvalue weighted by molar-refractivity contribution is 5.97. The van der Waals surface area contributed by atoms with Crippen molar-refractivity contribution in [1.82, 2.24) is 0 Å². The Hall–Kier alpha value is -3.34. The van der Waals surface area contributed by atoms with Crippen LogP contribution in [0.2, 0.25) is 0 Å². The molecule has 5 nitrogen and oxygen atoms in total. The summed E-state index contributed by atoms with van der Waals surface area (Å²) in [6, 6.07) is 20.2. The third-order valence-electron chi connectivity index (χ3n) is 4.06. The predicted octanol–water partition coefficient (Wildman–Crippen LogP) is 4.42. The van der Waals surface area contributed by atoms with Crippen molar-refractivity contribution in [3.05, 3.63) is 72.3 Å². The fourth-order valence-electron chi connectivity index (χ4n) is 2.72. The highest BCUT2D eigenvalue weighted by Gasteiger charge is 2.17. The molecule has 0 radical (unpaired) electrons. The lowest BCUT2D eigenvalue weighted by Crippen LogP contribution is -2.30. The minimum absolute atomic E-state index is 0.297. The monoisotopic (exact) mass is 363 g/mol. The Kier molecular flexibility index (Phi) is 5.71. The third kappa shape index (κ3) is 4.44. The molecule has 5 heteroatoms. The Morgan fingerprint density at radius 2 is 1.74 bits per heavy atom. The molecule has 0 aliphatic rings. The summed E-state index contributed by atoms with van der Waals surface area (Å²) < 4.78 is 10.9. The van der Waals surface area contributed by atoms with E-state index in [4.69, 9.17) is 9.47 Å². The van der Waals surface area contributed by atoms with E-state index in [1.165, 1.54) is 0 Å². The smallest absolute Gasteiger partial charge is 0.338 e. The van der Waals surface area contributed by atoms with Crippen LogP contribution in [0.15, 0.2) is 66.7 Å². The van der Waals surface area contributed by atoms with Gasteiger partial charge in [-0.15, -0.1) is 0 Å². The molecule has 1 unspecified atom stereocenters. The number of carbonyl (C=O) groups excluding carboxylic acids is 2. The summed E-state index contributed by atoms with van der Waals surface area (Å²) in [4.78, 5) is 24.3. The van der Waals surface area contributed by atoms with E-state index < -0.39 is 12.1 Å². The van der Waals surface area contributed by atoms with Crippen molar-refractivity contribution < 1.29 is 19.1 Å². The van der Waals surface area contributed by atoms with Crippen molar-refractivity contribution in [3.8, 4) is 5.75 Å². The van der Waals surface area contributed by atoms with Crippen molar-refractivity contribution >= 4 is 28.3 Å². The Labute approximate surface area is 157 Å².